The van der Waals surface area contributed by atoms with Crippen molar-refractivity contribution in [3.63, 3.8) is 0 Å². The number of nitrogens with two attached hydrogens (primary N) is 1. The van der Waals surface area contributed by atoms with Gasteiger partial charge in [-0.3, -0.25) is 9.78 Å². The van der Waals surface area contributed by atoms with Crippen LogP contribution in [0, 0.1) is 0 Å². The van der Waals surface area contributed by atoms with Gasteiger partial charge in [-0.1, -0.05) is 0 Å². The van der Waals surface area contributed by atoms with Crippen molar-refractivity contribution in [3.05, 3.63) is 52.3 Å². The minimum atomic E-state index is -0.226. The molecule has 0 bridgehead atoms. The highest BCUT2D eigenvalue weighted by molar-refractivity contribution is 9.10. The molecule has 0 saturated carbocycles. The molecule has 0 aliphatic heterocycles. The van der Waals surface area contributed by atoms with Gasteiger partial charge >= 0.3 is 0 Å². The standard InChI is InChI=1S/C14H14BrN3O2/c1-20-11-2-3-12(15)13(7-11)18-14(19)9-4-5-17-10(6-9)8-16/h2-7H,8,16H2,1H3,(H,18,19). The molecule has 0 radical (unpaired) electrons. The number of amides is 1. The van der Waals surface area contributed by atoms with Crippen molar-refractivity contribution in [2.45, 2.75) is 6.54 Å². The number of ether oxygens (including phenoxy) is 1. The van der Waals surface area contributed by atoms with Crippen LogP contribution in [0.1, 0.15) is 16.1 Å². The molecule has 20 heavy (non-hydrogen) atoms. The Morgan fingerprint density at radius 1 is 1.40 bits per heavy atom. The Bertz CT molecular complexity index is 632. The lowest BCUT2D eigenvalue weighted by atomic mass is 10.2. The highest BCUT2D eigenvalue weighted by Crippen LogP contribution is 2.27. The summed E-state index contributed by atoms with van der Waals surface area (Å²) < 4.78 is 5.91. The number of anilines is 1. The van der Waals surface area contributed by atoms with Crippen LogP contribution < -0.4 is 15.8 Å². The molecule has 0 aliphatic carbocycles. The first-order valence-electron chi connectivity index (χ1n) is 5.94. The fraction of sp³-hybridized carbons (Fsp3) is 0.143. The summed E-state index contributed by atoms with van der Waals surface area (Å²) in [7, 11) is 1.57. The minimum Gasteiger partial charge on any atom is -0.497 e. The topological polar surface area (TPSA) is 77.2 Å². The van der Waals surface area contributed by atoms with Crippen LogP contribution in [0.5, 0.6) is 5.75 Å². The van der Waals surface area contributed by atoms with Crippen molar-refractivity contribution in [1.29, 1.82) is 0 Å². The third-order valence-electron chi connectivity index (χ3n) is 2.71. The monoisotopic (exact) mass is 335 g/mol. The van der Waals surface area contributed by atoms with Crippen LogP contribution in [0.15, 0.2) is 41.0 Å². The Morgan fingerprint density at radius 3 is 2.90 bits per heavy atom. The summed E-state index contributed by atoms with van der Waals surface area (Å²) in [5.74, 6) is 0.442. The molecule has 3 N–H and O–H groups in total. The lowest BCUT2D eigenvalue weighted by Crippen LogP contribution is -2.13. The molecule has 0 fully saturated rings. The molecule has 0 aliphatic rings. The quantitative estimate of drug-likeness (QED) is 0.900. The zero-order valence-electron chi connectivity index (χ0n) is 10.9. The van der Waals surface area contributed by atoms with Crippen molar-refractivity contribution in [3.8, 4) is 5.75 Å². The first-order valence-corrected chi connectivity index (χ1v) is 6.73. The molecule has 6 heteroatoms. The van der Waals surface area contributed by atoms with Gasteiger partial charge < -0.3 is 15.8 Å². The maximum absolute atomic E-state index is 12.2. The number of carbonyl (C=O) groups is 1. The second kappa shape index (κ2) is 6.49. The number of halogens is 1. The molecule has 1 heterocycles. The maximum atomic E-state index is 12.2. The normalized spacial score (nSPS) is 10.2. The van der Waals surface area contributed by atoms with E-state index in [-0.39, 0.29) is 5.91 Å². The predicted octanol–water partition coefficient (Wildman–Crippen LogP) is 2.56. The van der Waals surface area contributed by atoms with Crippen LogP contribution in [0.4, 0.5) is 5.69 Å². The molecular weight excluding hydrogens is 322 g/mol. The Labute approximate surface area is 125 Å². The van der Waals surface area contributed by atoms with Crippen LogP contribution >= 0.6 is 15.9 Å². The molecule has 1 aromatic heterocycles. The molecule has 2 aromatic rings. The second-order valence-electron chi connectivity index (χ2n) is 4.04. The molecular formula is C14H14BrN3O2. The van der Waals surface area contributed by atoms with Gasteiger partial charge in [-0.2, -0.15) is 0 Å². The zero-order chi connectivity index (χ0) is 14.5. The third kappa shape index (κ3) is 3.34. The van der Waals surface area contributed by atoms with E-state index < -0.39 is 0 Å². The van der Waals surface area contributed by atoms with Gasteiger partial charge in [-0.05, 0) is 40.2 Å². The number of nitrogens with zero attached hydrogens (tertiary/aromatic N) is 1. The van der Waals surface area contributed by atoms with Gasteiger partial charge in [-0.15, -0.1) is 0 Å². The van der Waals surface area contributed by atoms with Gasteiger partial charge in [0.2, 0.25) is 0 Å². The van der Waals surface area contributed by atoms with Gasteiger partial charge in [0, 0.05) is 28.8 Å². The number of carbonyl (C=O) groups excluding carboxylic acids is 1. The van der Waals surface area contributed by atoms with E-state index in [2.05, 4.69) is 26.2 Å². The van der Waals surface area contributed by atoms with E-state index in [0.29, 0.717) is 29.2 Å². The summed E-state index contributed by atoms with van der Waals surface area (Å²) in [5.41, 5.74) is 7.33. The molecule has 0 unspecified atom stereocenters. The Hall–Kier alpha value is -1.92. The first-order chi connectivity index (χ1) is 9.63. The van der Waals surface area contributed by atoms with Crippen molar-refractivity contribution in [2.24, 2.45) is 5.73 Å². The van der Waals surface area contributed by atoms with Crippen LogP contribution in [0.25, 0.3) is 0 Å². The first kappa shape index (κ1) is 14.5. The van der Waals surface area contributed by atoms with Crippen molar-refractivity contribution >= 4 is 27.5 Å². The maximum Gasteiger partial charge on any atom is 0.255 e. The van der Waals surface area contributed by atoms with E-state index in [9.17, 15) is 4.79 Å². The van der Waals surface area contributed by atoms with E-state index in [0.717, 1.165) is 4.47 Å². The lowest BCUT2D eigenvalue weighted by molar-refractivity contribution is 0.102. The van der Waals surface area contributed by atoms with E-state index in [1.54, 1.807) is 37.6 Å². The highest BCUT2D eigenvalue weighted by Gasteiger charge is 2.10. The molecule has 1 amide bonds. The average Bonchev–Trinajstić information content (AvgIpc) is 2.49. The summed E-state index contributed by atoms with van der Waals surface area (Å²) in [6, 6.07) is 8.67. The average molecular weight is 336 g/mol. The zero-order valence-corrected chi connectivity index (χ0v) is 12.5. The van der Waals surface area contributed by atoms with Crippen LogP contribution in [-0.2, 0) is 6.54 Å². The largest absolute Gasteiger partial charge is 0.497 e. The SMILES string of the molecule is COc1ccc(Br)c(NC(=O)c2ccnc(CN)c2)c1. The Balaban J connectivity index is 2.22. The number of hydrogen-bond acceptors (Lipinski definition) is 4. The van der Waals surface area contributed by atoms with Gasteiger partial charge in [0.1, 0.15) is 5.75 Å². The molecule has 104 valence electrons. The number of hydrogen-bond donors (Lipinski definition) is 2. The summed E-state index contributed by atoms with van der Waals surface area (Å²) in [6.07, 6.45) is 1.57. The fourth-order valence-corrected chi connectivity index (χ4v) is 2.00. The lowest BCUT2D eigenvalue weighted by Gasteiger charge is -2.09. The molecule has 0 atom stereocenters. The summed E-state index contributed by atoms with van der Waals surface area (Å²) in [5, 5.41) is 2.82. The Morgan fingerprint density at radius 2 is 2.20 bits per heavy atom. The van der Waals surface area contributed by atoms with Crippen molar-refractivity contribution in [2.75, 3.05) is 12.4 Å². The second-order valence-corrected chi connectivity index (χ2v) is 4.89. The predicted molar refractivity (Wildman–Crippen MR) is 80.8 cm³/mol. The van der Waals surface area contributed by atoms with Crippen LogP contribution in [-0.4, -0.2) is 18.0 Å². The van der Waals surface area contributed by atoms with E-state index >= 15 is 0 Å². The molecule has 0 spiro atoms. The molecule has 0 saturated heterocycles. The minimum absolute atomic E-state index is 0.226. The fourth-order valence-electron chi connectivity index (χ4n) is 1.65. The number of methoxy groups -OCH3 is 1. The molecule has 1 aromatic carbocycles. The van der Waals surface area contributed by atoms with E-state index in [4.69, 9.17) is 10.5 Å². The van der Waals surface area contributed by atoms with Crippen LogP contribution in [0.3, 0.4) is 0 Å². The van der Waals surface area contributed by atoms with Crippen molar-refractivity contribution in [1.82, 2.24) is 4.98 Å². The van der Waals surface area contributed by atoms with E-state index in [1.165, 1.54) is 0 Å². The number of benzene rings is 1. The van der Waals surface area contributed by atoms with Crippen LogP contribution in [0.2, 0.25) is 0 Å². The van der Waals surface area contributed by atoms with Crippen molar-refractivity contribution < 1.29 is 9.53 Å². The highest BCUT2D eigenvalue weighted by atomic mass is 79.9. The number of nitrogens with one attached hydrogen (secondary N) is 1. The smallest absolute Gasteiger partial charge is 0.255 e. The van der Waals surface area contributed by atoms with Gasteiger partial charge in [0.15, 0.2) is 0 Å². The summed E-state index contributed by atoms with van der Waals surface area (Å²) in [6.45, 7) is 0.296. The van der Waals surface area contributed by atoms with Gasteiger partial charge in [-0.25, -0.2) is 0 Å². The number of aromatic nitrogens is 1. The number of pyridine rings is 1. The summed E-state index contributed by atoms with van der Waals surface area (Å²) in [4.78, 5) is 16.3. The summed E-state index contributed by atoms with van der Waals surface area (Å²) >= 11 is 3.39. The molecule has 5 nitrogen and oxygen atoms in total. The van der Waals surface area contributed by atoms with Gasteiger partial charge in [0.05, 0.1) is 18.5 Å². The Kier molecular flexibility index (Phi) is 4.70. The molecule has 2 rings (SSSR count). The van der Waals surface area contributed by atoms with Gasteiger partial charge in [0.25, 0.3) is 5.91 Å². The third-order valence-corrected chi connectivity index (χ3v) is 3.40. The number of rotatable bonds is 4. The van der Waals surface area contributed by atoms with E-state index in [1.807, 2.05) is 6.07 Å².